The first-order chi connectivity index (χ1) is 13.8. The second-order valence-electron chi connectivity index (χ2n) is 7.96. The van der Waals surface area contributed by atoms with Crippen LogP contribution in [0.25, 0.3) is 10.9 Å². The minimum Gasteiger partial charge on any atom is -0.342 e. The van der Waals surface area contributed by atoms with Crippen LogP contribution < -0.4 is 4.90 Å². The number of amides is 1. The second kappa shape index (κ2) is 6.40. The summed E-state index contributed by atoms with van der Waals surface area (Å²) in [6.07, 6.45) is 6.51. The molecule has 5 rings (SSSR count). The van der Waals surface area contributed by atoms with Crippen LogP contribution in [0.5, 0.6) is 0 Å². The van der Waals surface area contributed by atoms with Crippen molar-refractivity contribution >= 4 is 48.3 Å². The molecule has 0 atom stereocenters. The van der Waals surface area contributed by atoms with Crippen molar-refractivity contribution in [3.8, 4) is 0 Å². The molecule has 1 fully saturated rings. The van der Waals surface area contributed by atoms with Gasteiger partial charge in [-0.1, -0.05) is 22.0 Å². The van der Waals surface area contributed by atoms with E-state index in [-0.39, 0.29) is 17.1 Å². The van der Waals surface area contributed by atoms with Crippen molar-refractivity contribution in [2.24, 2.45) is 0 Å². The highest BCUT2D eigenvalue weighted by Crippen LogP contribution is 2.57. The van der Waals surface area contributed by atoms with E-state index < -0.39 is 9.84 Å². The fraction of sp³-hybridized carbons (Fsp3) is 0.333. The Labute approximate surface area is 177 Å². The average molecular weight is 474 g/mol. The normalized spacial score (nSPS) is 17.3. The molecule has 1 spiro atoms. The first-order valence-electron chi connectivity index (χ1n) is 9.51. The lowest BCUT2D eigenvalue weighted by Crippen LogP contribution is -2.32. The number of pyridine rings is 1. The van der Waals surface area contributed by atoms with Gasteiger partial charge >= 0.3 is 0 Å². The van der Waals surface area contributed by atoms with E-state index in [2.05, 4.69) is 20.9 Å². The average Bonchev–Trinajstić information content (AvgIpc) is 3.35. The summed E-state index contributed by atoms with van der Waals surface area (Å²) in [5.74, 6) is 0.172. The number of carbonyl (C=O) groups is 1. The van der Waals surface area contributed by atoms with Gasteiger partial charge in [0.2, 0.25) is 5.91 Å². The van der Waals surface area contributed by atoms with Crippen molar-refractivity contribution in [2.75, 3.05) is 16.9 Å². The summed E-state index contributed by atoms with van der Waals surface area (Å²) in [5, 5.41) is 1.01. The fourth-order valence-electron chi connectivity index (χ4n) is 4.37. The van der Waals surface area contributed by atoms with Gasteiger partial charge in [-0.3, -0.25) is 9.78 Å². The number of rotatable bonds is 5. The predicted octanol–water partition coefficient (Wildman–Crippen LogP) is 3.42. The Balaban J connectivity index is 1.59. The van der Waals surface area contributed by atoms with Gasteiger partial charge in [-0.25, -0.2) is 8.42 Å². The highest BCUT2D eigenvalue weighted by atomic mass is 79.9. The number of halogens is 1. The van der Waals surface area contributed by atoms with Crippen LogP contribution >= 0.6 is 15.9 Å². The molecular weight excluding hydrogens is 454 g/mol. The van der Waals surface area contributed by atoms with E-state index in [4.69, 9.17) is 0 Å². The summed E-state index contributed by atoms with van der Waals surface area (Å²) in [7, 11) is -3.11. The summed E-state index contributed by atoms with van der Waals surface area (Å²) in [5.41, 5.74) is 3.43. The van der Waals surface area contributed by atoms with E-state index in [1.54, 1.807) is 12.4 Å². The van der Waals surface area contributed by atoms with Crippen LogP contribution in [0, 0.1) is 0 Å². The maximum atomic E-state index is 13.2. The number of hydrogen-bond acceptors (Lipinski definition) is 4. The number of nitrogens with zero attached hydrogens (tertiary/aromatic N) is 3. The first-order valence-corrected chi connectivity index (χ1v) is 12.4. The van der Waals surface area contributed by atoms with Crippen LogP contribution in [0.1, 0.15) is 24.1 Å². The zero-order chi connectivity index (χ0) is 20.4. The van der Waals surface area contributed by atoms with Crippen LogP contribution in [0.4, 0.5) is 5.69 Å². The third-order valence-electron chi connectivity index (χ3n) is 6.00. The Hall–Kier alpha value is -2.19. The Morgan fingerprint density at radius 2 is 2.03 bits per heavy atom. The van der Waals surface area contributed by atoms with Crippen molar-refractivity contribution < 1.29 is 13.2 Å². The van der Waals surface area contributed by atoms with Gasteiger partial charge in [0.25, 0.3) is 0 Å². The molecule has 0 N–H and O–H groups in total. The second-order valence-corrected chi connectivity index (χ2v) is 11.1. The van der Waals surface area contributed by atoms with Crippen molar-refractivity contribution in [1.29, 1.82) is 0 Å². The summed E-state index contributed by atoms with van der Waals surface area (Å²) in [4.78, 5) is 19.3. The number of fused-ring (bicyclic) bond motifs is 3. The van der Waals surface area contributed by atoms with Crippen LogP contribution in [0.2, 0.25) is 0 Å². The molecule has 1 amide bonds. The molecule has 0 saturated heterocycles. The molecule has 1 saturated carbocycles. The third kappa shape index (κ3) is 3.00. The third-order valence-corrected chi connectivity index (χ3v) is 7.61. The molecule has 1 aliphatic carbocycles. The fourth-order valence-corrected chi connectivity index (χ4v) is 5.36. The van der Waals surface area contributed by atoms with Crippen LogP contribution in [0.15, 0.2) is 47.2 Å². The first kappa shape index (κ1) is 18.8. The smallest absolute Gasteiger partial charge is 0.238 e. The number of benzene rings is 1. The van der Waals surface area contributed by atoms with Gasteiger partial charge in [-0.2, -0.15) is 0 Å². The highest BCUT2D eigenvalue weighted by Gasteiger charge is 2.59. The van der Waals surface area contributed by atoms with E-state index in [1.807, 2.05) is 39.8 Å². The van der Waals surface area contributed by atoms with Gasteiger partial charge in [0, 0.05) is 40.1 Å². The maximum absolute atomic E-state index is 13.2. The minimum atomic E-state index is -3.11. The molecule has 150 valence electrons. The zero-order valence-electron chi connectivity index (χ0n) is 15.9. The van der Waals surface area contributed by atoms with Crippen molar-refractivity contribution in [3.05, 3.63) is 58.5 Å². The SMILES string of the molecule is CS(=O)(=O)CCn1c(CN2C(=O)C3(CC3)c3ccncc32)cc2c(Br)cccc21. The monoisotopic (exact) mass is 473 g/mol. The predicted molar refractivity (Wildman–Crippen MR) is 116 cm³/mol. The van der Waals surface area contributed by atoms with E-state index in [0.29, 0.717) is 13.1 Å². The number of carbonyl (C=O) groups excluding carboxylic acids is 1. The Bertz CT molecular complexity index is 1260. The molecule has 29 heavy (non-hydrogen) atoms. The van der Waals surface area contributed by atoms with Gasteiger partial charge in [0.15, 0.2) is 0 Å². The lowest BCUT2D eigenvalue weighted by molar-refractivity contribution is -0.120. The number of sulfone groups is 1. The van der Waals surface area contributed by atoms with Gasteiger partial charge < -0.3 is 9.47 Å². The number of anilines is 1. The van der Waals surface area contributed by atoms with E-state index >= 15 is 0 Å². The molecule has 8 heteroatoms. The molecule has 0 unspecified atom stereocenters. The molecule has 0 bridgehead atoms. The molecule has 1 aliphatic heterocycles. The van der Waals surface area contributed by atoms with Crippen molar-refractivity contribution in [1.82, 2.24) is 9.55 Å². The number of aryl methyl sites for hydroxylation is 1. The summed E-state index contributed by atoms with van der Waals surface area (Å²) in [6, 6.07) is 9.88. The van der Waals surface area contributed by atoms with Crippen LogP contribution in [-0.4, -0.2) is 35.9 Å². The molecule has 2 aliphatic rings. The summed E-state index contributed by atoms with van der Waals surface area (Å²) < 4.78 is 26.6. The number of aromatic nitrogens is 2. The molecule has 1 aromatic carbocycles. The minimum absolute atomic E-state index is 0.0479. The Morgan fingerprint density at radius 3 is 2.76 bits per heavy atom. The Kier molecular flexibility index (Phi) is 4.15. The lowest BCUT2D eigenvalue weighted by atomic mass is 9.99. The zero-order valence-corrected chi connectivity index (χ0v) is 18.3. The molecular formula is C21H20BrN3O3S. The largest absolute Gasteiger partial charge is 0.342 e. The van der Waals surface area contributed by atoms with Gasteiger partial charge in [0.05, 0.1) is 29.6 Å². The Morgan fingerprint density at radius 1 is 1.24 bits per heavy atom. The molecule has 3 heterocycles. The molecule has 6 nitrogen and oxygen atoms in total. The van der Waals surface area contributed by atoms with Crippen molar-refractivity contribution in [2.45, 2.75) is 31.3 Å². The van der Waals surface area contributed by atoms with Crippen LogP contribution in [0.3, 0.4) is 0 Å². The topological polar surface area (TPSA) is 72.3 Å². The molecule has 3 aromatic rings. The maximum Gasteiger partial charge on any atom is 0.238 e. The van der Waals surface area contributed by atoms with E-state index in [1.165, 1.54) is 6.26 Å². The van der Waals surface area contributed by atoms with E-state index in [0.717, 1.165) is 45.2 Å². The van der Waals surface area contributed by atoms with Crippen molar-refractivity contribution in [3.63, 3.8) is 0 Å². The van der Waals surface area contributed by atoms with E-state index in [9.17, 15) is 13.2 Å². The van der Waals surface area contributed by atoms with Gasteiger partial charge in [-0.15, -0.1) is 0 Å². The summed E-state index contributed by atoms with van der Waals surface area (Å²) >= 11 is 3.59. The number of hydrogen-bond donors (Lipinski definition) is 0. The van der Waals surface area contributed by atoms with Crippen LogP contribution in [-0.2, 0) is 33.1 Å². The summed E-state index contributed by atoms with van der Waals surface area (Å²) in [6.45, 7) is 0.741. The molecule has 2 aromatic heterocycles. The highest BCUT2D eigenvalue weighted by molar-refractivity contribution is 9.10. The standard InChI is InChI=1S/C21H20BrN3O3S/c1-29(27,28)10-9-24-14(11-15-17(22)3-2-4-18(15)24)13-25-19-12-23-8-5-16(19)21(6-7-21)20(25)26/h2-5,8,11-12H,6-7,9-10,13H2,1H3. The lowest BCUT2D eigenvalue weighted by Gasteiger charge is -2.19. The quantitative estimate of drug-likeness (QED) is 0.568. The molecule has 0 radical (unpaired) electrons. The van der Waals surface area contributed by atoms with Gasteiger partial charge in [0.1, 0.15) is 9.84 Å². The van der Waals surface area contributed by atoms with Gasteiger partial charge in [-0.05, 0) is 42.7 Å².